The van der Waals surface area contributed by atoms with Crippen molar-refractivity contribution >= 4 is 0 Å². The van der Waals surface area contributed by atoms with Gasteiger partial charge in [-0.05, 0) is 30.3 Å². The summed E-state index contributed by atoms with van der Waals surface area (Å²) in [5.74, 6) is 1.48. The van der Waals surface area contributed by atoms with Crippen LogP contribution in [0, 0.1) is 0 Å². The van der Waals surface area contributed by atoms with E-state index in [9.17, 15) is 0 Å². The van der Waals surface area contributed by atoms with E-state index in [0.717, 1.165) is 12.4 Å². The fraction of sp³-hybridized carbons (Fsp3) is 0.231. The highest BCUT2D eigenvalue weighted by molar-refractivity contribution is 5.32. The van der Waals surface area contributed by atoms with Crippen molar-refractivity contribution in [1.82, 2.24) is 9.97 Å². The third kappa shape index (κ3) is 2.95. The average Bonchev–Trinajstić information content (AvgIpc) is 3.23. The van der Waals surface area contributed by atoms with Crippen LogP contribution in [-0.4, -0.2) is 29.3 Å². The molecule has 0 saturated carbocycles. The van der Waals surface area contributed by atoms with Crippen LogP contribution in [-0.2, 0) is 4.74 Å². The second kappa shape index (κ2) is 5.01. The molecule has 0 aliphatic carbocycles. The number of hydrogen-bond donors (Lipinski definition) is 0. The molecular formula is C13H12N2O3. The van der Waals surface area contributed by atoms with E-state index < -0.39 is 0 Å². The maximum absolute atomic E-state index is 5.52. The van der Waals surface area contributed by atoms with E-state index in [4.69, 9.17) is 14.2 Å². The maximum Gasteiger partial charge on any atom is 0.321 e. The zero-order valence-electron chi connectivity index (χ0n) is 9.65. The van der Waals surface area contributed by atoms with E-state index in [1.165, 1.54) is 0 Å². The van der Waals surface area contributed by atoms with Gasteiger partial charge in [0.2, 0.25) is 0 Å². The second-order valence-corrected chi connectivity index (χ2v) is 3.87. The van der Waals surface area contributed by atoms with Crippen molar-refractivity contribution in [3.8, 4) is 17.5 Å². The summed E-state index contributed by atoms with van der Waals surface area (Å²) in [6, 6.07) is 9.40. The molecule has 1 aliphatic heterocycles. The van der Waals surface area contributed by atoms with E-state index in [1.807, 2.05) is 24.3 Å². The molecule has 1 aliphatic rings. The lowest BCUT2D eigenvalue weighted by Crippen LogP contribution is -2.03. The highest BCUT2D eigenvalue weighted by atomic mass is 16.6. The van der Waals surface area contributed by atoms with Crippen LogP contribution in [0.1, 0.15) is 0 Å². The van der Waals surface area contributed by atoms with Gasteiger partial charge in [-0.1, -0.05) is 0 Å². The van der Waals surface area contributed by atoms with Gasteiger partial charge in [-0.15, -0.1) is 0 Å². The van der Waals surface area contributed by atoms with Crippen molar-refractivity contribution in [2.45, 2.75) is 6.10 Å². The van der Waals surface area contributed by atoms with Gasteiger partial charge >= 0.3 is 6.01 Å². The Morgan fingerprint density at radius 3 is 2.44 bits per heavy atom. The van der Waals surface area contributed by atoms with E-state index in [1.54, 1.807) is 18.5 Å². The van der Waals surface area contributed by atoms with Gasteiger partial charge in [0.15, 0.2) is 0 Å². The number of ether oxygens (including phenoxy) is 3. The van der Waals surface area contributed by atoms with Crippen molar-refractivity contribution in [3.05, 3.63) is 42.7 Å². The SMILES string of the molecule is c1cnc(Oc2ccc(OCC3CO3)cc2)nc1. The molecule has 2 heterocycles. The van der Waals surface area contributed by atoms with Gasteiger partial charge in [-0.25, -0.2) is 9.97 Å². The minimum absolute atomic E-state index is 0.263. The van der Waals surface area contributed by atoms with Crippen molar-refractivity contribution in [1.29, 1.82) is 0 Å². The molecule has 1 saturated heterocycles. The van der Waals surface area contributed by atoms with Gasteiger partial charge in [0.05, 0.1) is 6.61 Å². The lowest BCUT2D eigenvalue weighted by molar-refractivity contribution is 0.263. The Kier molecular flexibility index (Phi) is 3.06. The molecule has 5 heteroatoms. The monoisotopic (exact) mass is 244 g/mol. The zero-order valence-corrected chi connectivity index (χ0v) is 9.65. The fourth-order valence-corrected chi connectivity index (χ4v) is 1.40. The molecule has 1 aromatic heterocycles. The molecule has 3 rings (SSSR count). The predicted octanol–water partition coefficient (Wildman–Crippen LogP) is 2.05. The standard InChI is InChI=1S/C13H12N2O3/c1-6-14-13(15-7-1)18-11-4-2-10(3-5-11)16-8-12-9-17-12/h1-7,12H,8-9H2. The Hall–Kier alpha value is -2.14. The fourth-order valence-electron chi connectivity index (χ4n) is 1.40. The van der Waals surface area contributed by atoms with Gasteiger partial charge in [0.25, 0.3) is 0 Å². The zero-order chi connectivity index (χ0) is 12.2. The molecule has 1 aromatic carbocycles. The molecule has 0 bridgehead atoms. The summed E-state index contributed by atoms with van der Waals surface area (Å²) in [7, 11) is 0. The topological polar surface area (TPSA) is 56.8 Å². The highest BCUT2D eigenvalue weighted by Crippen LogP contribution is 2.22. The smallest absolute Gasteiger partial charge is 0.321 e. The molecule has 1 atom stereocenters. The quantitative estimate of drug-likeness (QED) is 0.753. The predicted molar refractivity (Wildman–Crippen MR) is 63.8 cm³/mol. The lowest BCUT2D eigenvalue weighted by Gasteiger charge is -2.06. The first-order valence-corrected chi connectivity index (χ1v) is 5.69. The molecule has 18 heavy (non-hydrogen) atoms. The van der Waals surface area contributed by atoms with Gasteiger partial charge < -0.3 is 14.2 Å². The Bertz CT molecular complexity index is 497. The minimum Gasteiger partial charge on any atom is -0.491 e. The number of benzene rings is 1. The number of rotatable bonds is 5. The van der Waals surface area contributed by atoms with E-state index in [-0.39, 0.29) is 6.10 Å². The molecule has 1 fully saturated rings. The van der Waals surface area contributed by atoms with Crippen molar-refractivity contribution in [2.24, 2.45) is 0 Å². The minimum atomic E-state index is 0.263. The second-order valence-electron chi connectivity index (χ2n) is 3.87. The summed E-state index contributed by atoms with van der Waals surface area (Å²) in [6.07, 6.45) is 3.53. The van der Waals surface area contributed by atoms with Crippen LogP contribution >= 0.6 is 0 Å². The molecule has 92 valence electrons. The molecule has 1 unspecified atom stereocenters. The Balaban J connectivity index is 1.59. The van der Waals surface area contributed by atoms with Crippen LogP contribution in [0.4, 0.5) is 0 Å². The third-order valence-electron chi connectivity index (χ3n) is 2.41. The van der Waals surface area contributed by atoms with E-state index >= 15 is 0 Å². The first kappa shape index (κ1) is 11.0. The van der Waals surface area contributed by atoms with Crippen LogP contribution in [0.25, 0.3) is 0 Å². The molecule has 0 radical (unpaired) electrons. The van der Waals surface area contributed by atoms with Gasteiger partial charge in [0, 0.05) is 12.4 Å². The summed E-state index contributed by atoms with van der Waals surface area (Å²) >= 11 is 0. The molecule has 0 amide bonds. The number of epoxide rings is 1. The van der Waals surface area contributed by atoms with Gasteiger partial charge in [-0.2, -0.15) is 0 Å². The number of hydrogen-bond acceptors (Lipinski definition) is 5. The summed E-state index contributed by atoms with van der Waals surface area (Å²) in [5.41, 5.74) is 0. The maximum atomic E-state index is 5.52. The molecule has 0 spiro atoms. The lowest BCUT2D eigenvalue weighted by atomic mass is 10.3. The molecular weight excluding hydrogens is 232 g/mol. The molecule has 5 nitrogen and oxygen atoms in total. The molecule has 2 aromatic rings. The Labute approximate surface area is 104 Å². The normalized spacial score (nSPS) is 17.2. The van der Waals surface area contributed by atoms with Crippen molar-refractivity contribution in [2.75, 3.05) is 13.2 Å². The average molecular weight is 244 g/mol. The summed E-state index contributed by atoms with van der Waals surface area (Å²) in [4.78, 5) is 7.97. The third-order valence-corrected chi connectivity index (χ3v) is 2.41. The van der Waals surface area contributed by atoms with Crippen LogP contribution in [0.3, 0.4) is 0 Å². The van der Waals surface area contributed by atoms with E-state index in [2.05, 4.69) is 9.97 Å². The summed E-state index contributed by atoms with van der Waals surface area (Å²) in [5, 5.41) is 0. The number of nitrogens with zero attached hydrogens (tertiary/aromatic N) is 2. The van der Waals surface area contributed by atoms with Gasteiger partial charge in [0.1, 0.15) is 24.2 Å². The van der Waals surface area contributed by atoms with Crippen molar-refractivity contribution in [3.63, 3.8) is 0 Å². The van der Waals surface area contributed by atoms with Crippen molar-refractivity contribution < 1.29 is 14.2 Å². The largest absolute Gasteiger partial charge is 0.491 e. The number of aromatic nitrogens is 2. The first-order valence-electron chi connectivity index (χ1n) is 5.69. The highest BCUT2D eigenvalue weighted by Gasteiger charge is 2.22. The van der Waals surface area contributed by atoms with Crippen LogP contribution < -0.4 is 9.47 Å². The van der Waals surface area contributed by atoms with Crippen LogP contribution in [0.2, 0.25) is 0 Å². The Morgan fingerprint density at radius 2 is 1.78 bits per heavy atom. The first-order chi connectivity index (χ1) is 8.90. The summed E-state index contributed by atoms with van der Waals surface area (Å²) in [6.45, 7) is 1.40. The van der Waals surface area contributed by atoms with Gasteiger partial charge in [-0.3, -0.25) is 0 Å². The summed E-state index contributed by atoms with van der Waals surface area (Å²) < 4.78 is 16.1. The van der Waals surface area contributed by atoms with E-state index in [0.29, 0.717) is 18.4 Å². The molecule has 0 N–H and O–H groups in total. The van der Waals surface area contributed by atoms with Crippen LogP contribution in [0.15, 0.2) is 42.7 Å². The van der Waals surface area contributed by atoms with Crippen LogP contribution in [0.5, 0.6) is 17.5 Å². The Morgan fingerprint density at radius 1 is 1.11 bits per heavy atom.